The van der Waals surface area contributed by atoms with E-state index in [0.717, 1.165) is 5.56 Å². The van der Waals surface area contributed by atoms with E-state index in [9.17, 15) is 19.6 Å². The van der Waals surface area contributed by atoms with Crippen molar-refractivity contribution >= 4 is 36.4 Å². The van der Waals surface area contributed by atoms with Crippen LogP contribution in [0.15, 0.2) is 36.9 Å². The van der Waals surface area contributed by atoms with E-state index < -0.39 is 39.0 Å². The summed E-state index contributed by atoms with van der Waals surface area (Å²) >= 11 is 0. The maximum absolute atomic E-state index is 11.1. The number of rotatable bonds is 8. The third-order valence-electron chi connectivity index (χ3n) is 5.11. The van der Waals surface area contributed by atoms with Gasteiger partial charge in [0.2, 0.25) is 5.91 Å². The zero-order valence-corrected chi connectivity index (χ0v) is 18.7. The summed E-state index contributed by atoms with van der Waals surface area (Å²) in [7, 11) is -4.77. The second-order valence-corrected chi connectivity index (χ2v) is 8.85. The minimum Gasteiger partial charge on any atom is -0.387 e. The zero-order chi connectivity index (χ0) is 24.5. The minimum absolute atomic E-state index is 0.158. The molecule has 1 aliphatic rings. The maximum Gasteiger partial charge on any atom is 0.469 e. The fraction of sp³-hybridized carbons (Fsp3) is 0.368. The van der Waals surface area contributed by atoms with Crippen LogP contribution in [0.5, 0.6) is 0 Å². The number of benzene rings is 1. The lowest BCUT2D eigenvalue weighted by Gasteiger charge is -2.16. The van der Waals surface area contributed by atoms with Crippen LogP contribution in [0.1, 0.15) is 18.7 Å². The number of aromatic nitrogens is 4. The van der Waals surface area contributed by atoms with Crippen LogP contribution >= 0.6 is 7.82 Å². The summed E-state index contributed by atoms with van der Waals surface area (Å²) < 4.78 is 22.3. The summed E-state index contributed by atoms with van der Waals surface area (Å²) in [6.07, 6.45) is -2.50. The topological polar surface area (TPSA) is 201 Å². The number of imidazole rings is 1. The SMILES string of the molecule is CC(=O)Nc1ccc(CNc2ncnc3c2ncn3[C@@H]2O[C@H](COP(=O)(O)O)[C@@H](O)[C@H]2O)cc1. The number of phosphoric ester groups is 1. The Morgan fingerprint density at radius 2 is 1.91 bits per heavy atom. The number of fused-ring (bicyclic) bond motifs is 1. The van der Waals surface area contributed by atoms with Crippen LogP contribution in [-0.2, 0) is 25.2 Å². The number of aliphatic hydroxyl groups excluding tert-OH is 2. The largest absolute Gasteiger partial charge is 0.469 e. The number of anilines is 2. The van der Waals surface area contributed by atoms with Crippen LogP contribution in [0.4, 0.5) is 11.5 Å². The first-order chi connectivity index (χ1) is 16.1. The molecule has 0 aliphatic carbocycles. The number of hydrogen-bond acceptors (Lipinski definition) is 10. The Balaban J connectivity index is 1.48. The van der Waals surface area contributed by atoms with Gasteiger partial charge in [-0.15, -0.1) is 0 Å². The molecule has 3 aromatic rings. The number of carbonyl (C=O) groups is 1. The van der Waals surface area contributed by atoms with E-state index in [0.29, 0.717) is 29.2 Å². The number of carbonyl (C=O) groups excluding carboxylic acids is 1. The lowest BCUT2D eigenvalue weighted by Crippen LogP contribution is -2.33. The van der Waals surface area contributed by atoms with E-state index in [1.165, 1.54) is 24.1 Å². The molecule has 0 radical (unpaired) electrons. The molecule has 1 aliphatic heterocycles. The molecule has 0 unspecified atom stereocenters. The van der Waals surface area contributed by atoms with E-state index in [4.69, 9.17) is 14.5 Å². The molecular formula is C19H23N6O8P. The Labute approximate surface area is 192 Å². The molecule has 1 amide bonds. The van der Waals surface area contributed by atoms with Gasteiger partial charge in [0.15, 0.2) is 23.2 Å². The Hall–Kier alpha value is -2.97. The first-order valence-corrected chi connectivity index (χ1v) is 11.6. The number of hydrogen-bond donors (Lipinski definition) is 6. The highest BCUT2D eigenvalue weighted by atomic mass is 31.2. The fourth-order valence-electron chi connectivity index (χ4n) is 3.53. The number of ether oxygens (including phenoxy) is 1. The minimum atomic E-state index is -4.77. The van der Waals surface area contributed by atoms with Gasteiger partial charge in [0, 0.05) is 19.2 Å². The first-order valence-electron chi connectivity index (χ1n) is 10.1. The monoisotopic (exact) mass is 494 g/mol. The van der Waals surface area contributed by atoms with E-state index in [1.807, 2.05) is 12.1 Å². The smallest absolute Gasteiger partial charge is 0.387 e. The molecule has 4 rings (SSSR count). The van der Waals surface area contributed by atoms with Gasteiger partial charge in [-0.1, -0.05) is 12.1 Å². The van der Waals surface area contributed by atoms with Gasteiger partial charge in [-0.2, -0.15) is 0 Å². The Morgan fingerprint density at radius 3 is 2.59 bits per heavy atom. The lowest BCUT2D eigenvalue weighted by atomic mass is 10.1. The second-order valence-electron chi connectivity index (χ2n) is 7.61. The molecule has 15 heteroatoms. The fourth-order valence-corrected chi connectivity index (χ4v) is 3.87. The molecular weight excluding hydrogens is 471 g/mol. The van der Waals surface area contributed by atoms with Crippen molar-refractivity contribution in [2.24, 2.45) is 0 Å². The highest BCUT2D eigenvalue weighted by Gasteiger charge is 2.45. The number of aliphatic hydroxyl groups is 2. The van der Waals surface area contributed by atoms with Gasteiger partial charge < -0.3 is 35.4 Å². The summed E-state index contributed by atoms with van der Waals surface area (Å²) in [6.45, 7) is 1.22. The standard InChI is InChI=1S/C19H23N6O8P/c1-10(26)24-12-4-2-11(3-5-12)6-20-17-14-18(22-8-21-17)25(9-23-14)19-16(28)15(27)13(33-19)7-32-34(29,30)31/h2-5,8-9,13,15-16,19,27-28H,6-7H2,1H3,(H,24,26)(H,20,21,22)(H2,29,30,31)/t13-,15-,16-,19-/m1/s1. The van der Waals surface area contributed by atoms with E-state index in [-0.39, 0.29) is 5.91 Å². The molecule has 6 N–H and O–H groups in total. The van der Waals surface area contributed by atoms with Gasteiger partial charge in [-0.3, -0.25) is 13.9 Å². The van der Waals surface area contributed by atoms with Crippen LogP contribution < -0.4 is 10.6 Å². The second kappa shape index (κ2) is 9.72. The van der Waals surface area contributed by atoms with Crippen molar-refractivity contribution in [3.05, 3.63) is 42.5 Å². The molecule has 1 saturated heterocycles. The predicted octanol–water partition coefficient (Wildman–Crippen LogP) is 0.125. The summed E-state index contributed by atoms with van der Waals surface area (Å²) in [5, 5.41) is 26.5. The van der Waals surface area contributed by atoms with Crippen molar-refractivity contribution in [2.75, 3.05) is 17.2 Å². The number of phosphoric acid groups is 1. The molecule has 3 heterocycles. The molecule has 0 spiro atoms. The zero-order valence-electron chi connectivity index (χ0n) is 17.8. The normalized spacial score (nSPS) is 22.7. The predicted molar refractivity (Wildman–Crippen MR) is 117 cm³/mol. The van der Waals surface area contributed by atoms with Crippen molar-refractivity contribution < 1.29 is 38.6 Å². The molecule has 4 atom stereocenters. The van der Waals surface area contributed by atoms with Gasteiger partial charge in [0.25, 0.3) is 0 Å². The highest BCUT2D eigenvalue weighted by Crippen LogP contribution is 2.39. The Kier molecular flexibility index (Phi) is 6.91. The van der Waals surface area contributed by atoms with Crippen LogP contribution in [0.2, 0.25) is 0 Å². The molecule has 0 bridgehead atoms. The van der Waals surface area contributed by atoms with Gasteiger partial charge in [0.1, 0.15) is 24.6 Å². The summed E-state index contributed by atoms with van der Waals surface area (Å²) in [4.78, 5) is 41.6. The molecule has 1 aromatic carbocycles. The molecule has 1 fully saturated rings. The molecule has 2 aromatic heterocycles. The Bertz CT molecular complexity index is 1220. The van der Waals surface area contributed by atoms with Crippen molar-refractivity contribution in [2.45, 2.75) is 38.0 Å². The Morgan fingerprint density at radius 1 is 1.18 bits per heavy atom. The number of nitrogens with one attached hydrogen (secondary N) is 2. The average Bonchev–Trinajstić information content (AvgIpc) is 3.32. The molecule has 34 heavy (non-hydrogen) atoms. The maximum atomic E-state index is 11.1. The van der Waals surface area contributed by atoms with Crippen LogP contribution in [-0.4, -0.2) is 70.3 Å². The van der Waals surface area contributed by atoms with E-state index >= 15 is 0 Å². The van der Waals surface area contributed by atoms with E-state index in [1.54, 1.807) is 12.1 Å². The van der Waals surface area contributed by atoms with Crippen LogP contribution in [0, 0.1) is 0 Å². The first kappa shape index (κ1) is 24.2. The van der Waals surface area contributed by atoms with Crippen molar-refractivity contribution in [1.29, 1.82) is 0 Å². The average molecular weight is 494 g/mol. The van der Waals surface area contributed by atoms with Crippen molar-refractivity contribution in [3.63, 3.8) is 0 Å². The molecule has 0 saturated carbocycles. The quantitative estimate of drug-likeness (QED) is 0.231. The number of nitrogens with zero attached hydrogens (tertiary/aromatic N) is 4. The van der Waals surface area contributed by atoms with Crippen LogP contribution in [0.25, 0.3) is 11.2 Å². The lowest BCUT2D eigenvalue weighted by molar-refractivity contribution is -0.114. The van der Waals surface area contributed by atoms with Gasteiger partial charge in [0.05, 0.1) is 12.9 Å². The summed E-state index contributed by atoms with van der Waals surface area (Å²) in [5.41, 5.74) is 2.30. The summed E-state index contributed by atoms with van der Waals surface area (Å²) in [5.74, 6) is 0.262. The molecule has 182 valence electrons. The van der Waals surface area contributed by atoms with Gasteiger partial charge in [-0.05, 0) is 17.7 Å². The van der Waals surface area contributed by atoms with Gasteiger partial charge in [-0.25, -0.2) is 19.5 Å². The van der Waals surface area contributed by atoms with E-state index in [2.05, 4.69) is 30.1 Å². The van der Waals surface area contributed by atoms with Crippen LogP contribution in [0.3, 0.4) is 0 Å². The van der Waals surface area contributed by atoms with Crippen molar-refractivity contribution in [3.8, 4) is 0 Å². The highest BCUT2D eigenvalue weighted by molar-refractivity contribution is 7.46. The van der Waals surface area contributed by atoms with Gasteiger partial charge >= 0.3 is 7.82 Å². The third kappa shape index (κ3) is 5.39. The summed E-state index contributed by atoms with van der Waals surface area (Å²) in [6, 6.07) is 7.25. The number of amides is 1. The third-order valence-corrected chi connectivity index (χ3v) is 5.60. The molecule has 14 nitrogen and oxygen atoms in total. The van der Waals surface area contributed by atoms with Crippen molar-refractivity contribution in [1.82, 2.24) is 19.5 Å².